The molecule has 0 saturated heterocycles. The molecular weight excluding hydrogens is 213 g/mol. The van der Waals surface area contributed by atoms with Crippen molar-refractivity contribution in [2.24, 2.45) is 5.90 Å². The van der Waals surface area contributed by atoms with E-state index in [0.717, 1.165) is 12.0 Å². The van der Waals surface area contributed by atoms with Crippen molar-refractivity contribution in [2.45, 2.75) is 12.8 Å². The van der Waals surface area contributed by atoms with E-state index in [0.29, 0.717) is 32.0 Å². The highest BCUT2D eigenvalue weighted by atomic mass is 19.1. The molecule has 0 aromatic heterocycles. The summed E-state index contributed by atoms with van der Waals surface area (Å²) in [6.07, 6.45) is 1.32. The third-order valence-corrected chi connectivity index (χ3v) is 2.42. The molecule has 2 N–H and O–H groups in total. The Morgan fingerprint density at radius 3 is 2.75 bits per heavy atom. The first-order valence-electron chi connectivity index (χ1n) is 5.21. The Morgan fingerprint density at radius 2 is 2.00 bits per heavy atom. The molecule has 0 aliphatic carbocycles. The summed E-state index contributed by atoms with van der Waals surface area (Å²) in [6.45, 7) is 1.37. The smallest absolute Gasteiger partial charge is 0.197 e. The molecule has 1 aromatic carbocycles. The highest BCUT2D eigenvalue weighted by Crippen LogP contribution is 2.36. The van der Waals surface area contributed by atoms with Gasteiger partial charge in [0.25, 0.3) is 0 Å². The van der Waals surface area contributed by atoms with Gasteiger partial charge >= 0.3 is 0 Å². The summed E-state index contributed by atoms with van der Waals surface area (Å²) in [7, 11) is 0. The van der Waals surface area contributed by atoms with Crippen molar-refractivity contribution in [2.75, 3.05) is 19.8 Å². The predicted octanol–water partition coefficient (Wildman–Crippen LogP) is 1.42. The predicted molar refractivity (Wildman–Crippen MR) is 55.9 cm³/mol. The first kappa shape index (κ1) is 11.2. The van der Waals surface area contributed by atoms with Crippen LogP contribution in [0.3, 0.4) is 0 Å². The van der Waals surface area contributed by atoms with Crippen molar-refractivity contribution in [3.63, 3.8) is 0 Å². The number of nitrogens with two attached hydrogens (primary N) is 1. The minimum absolute atomic E-state index is 0.201. The molecule has 0 bridgehead atoms. The van der Waals surface area contributed by atoms with Crippen molar-refractivity contribution in [1.29, 1.82) is 0 Å². The molecule has 0 saturated carbocycles. The lowest BCUT2D eigenvalue weighted by Crippen LogP contribution is -2.06. The number of benzene rings is 1. The van der Waals surface area contributed by atoms with Gasteiger partial charge in [-0.15, -0.1) is 0 Å². The normalized spacial score (nSPS) is 14.6. The van der Waals surface area contributed by atoms with E-state index in [-0.39, 0.29) is 5.75 Å². The summed E-state index contributed by atoms with van der Waals surface area (Å²) < 4.78 is 24.3. The Hall–Kier alpha value is -1.33. The van der Waals surface area contributed by atoms with Gasteiger partial charge in [0.05, 0.1) is 19.8 Å². The van der Waals surface area contributed by atoms with E-state index in [9.17, 15) is 4.39 Å². The second-order valence-electron chi connectivity index (χ2n) is 3.54. The van der Waals surface area contributed by atoms with Crippen LogP contribution < -0.4 is 15.4 Å². The minimum atomic E-state index is -0.394. The average molecular weight is 227 g/mol. The number of ether oxygens (including phenoxy) is 2. The van der Waals surface area contributed by atoms with Crippen molar-refractivity contribution in [3.05, 3.63) is 23.5 Å². The maximum absolute atomic E-state index is 13.5. The Morgan fingerprint density at radius 1 is 1.25 bits per heavy atom. The highest BCUT2D eigenvalue weighted by Gasteiger charge is 2.18. The third kappa shape index (κ3) is 2.25. The Kier molecular flexibility index (Phi) is 3.58. The zero-order valence-corrected chi connectivity index (χ0v) is 8.87. The molecule has 2 rings (SSSR count). The molecule has 88 valence electrons. The average Bonchev–Trinajstić information content (AvgIpc) is 2.54. The van der Waals surface area contributed by atoms with Crippen molar-refractivity contribution >= 4 is 0 Å². The van der Waals surface area contributed by atoms with E-state index < -0.39 is 5.82 Å². The van der Waals surface area contributed by atoms with Crippen LogP contribution in [0.15, 0.2) is 12.1 Å². The zero-order chi connectivity index (χ0) is 11.4. The topological polar surface area (TPSA) is 53.7 Å². The van der Waals surface area contributed by atoms with E-state index in [1.807, 2.05) is 0 Å². The molecular formula is C11H14FNO3. The Bertz CT molecular complexity index is 370. The second kappa shape index (κ2) is 5.14. The van der Waals surface area contributed by atoms with E-state index in [4.69, 9.17) is 15.4 Å². The fourth-order valence-electron chi connectivity index (χ4n) is 1.65. The van der Waals surface area contributed by atoms with Gasteiger partial charge in [0.2, 0.25) is 0 Å². The van der Waals surface area contributed by atoms with Crippen LogP contribution in [0.4, 0.5) is 4.39 Å². The Balaban J connectivity index is 2.31. The van der Waals surface area contributed by atoms with Crippen LogP contribution in [0.1, 0.15) is 12.0 Å². The van der Waals surface area contributed by atoms with E-state index in [2.05, 4.69) is 4.84 Å². The van der Waals surface area contributed by atoms with Gasteiger partial charge in [0.15, 0.2) is 17.3 Å². The fourth-order valence-corrected chi connectivity index (χ4v) is 1.65. The SMILES string of the molecule is NOCCc1ccc(F)c2c1OCCCO2. The molecule has 4 nitrogen and oxygen atoms in total. The first-order chi connectivity index (χ1) is 7.83. The summed E-state index contributed by atoms with van der Waals surface area (Å²) in [5.41, 5.74) is 0.851. The lowest BCUT2D eigenvalue weighted by molar-refractivity contribution is 0.140. The van der Waals surface area contributed by atoms with Crippen LogP contribution in [-0.2, 0) is 11.3 Å². The van der Waals surface area contributed by atoms with E-state index in [1.165, 1.54) is 6.07 Å². The number of rotatable bonds is 3. The van der Waals surface area contributed by atoms with E-state index >= 15 is 0 Å². The van der Waals surface area contributed by atoms with Gasteiger partial charge < -0.3 is 14.3 Å². The van der Waals surface area contributed by atoms with Gasteiger partial charge in [-0.1, -0.05) is 6.07 Å². The van der Waals surface area contributed by atoms with Crippen LogP contribution in [0.25, 0.3) is 0 Å². The molecule has 1 aliphatic heterocycles. The van der Waals surface area contributed by atoms with Crippen LogP contribution in [0.2, 0.25) is 0 Å². The van der Waals surface area contributed by atoms with E-state index in [1.54, 1.807) is 6.07 Å². The van der Waals surface area contributed by atoms with Crippen LogP contribution in [-0.4, -0.2) is 19.8 Å². The van der Waals surface area contributed by atoms with Gasteiger partial charge in [0, 0.05) is 18.4 Å². The van der Waals surface area contributed by atoms with Crippen molar-refractivity contribution < 1.29 is 18.7 Å². The molecule has 1 aromatic rings. The van der Waals surface area contributed by atoms with Crippen molar-refractivity contribution in [3.8, 4) is 11.5 Å². The Labute approximate surface area is 93.1 Å². The van der Waals surface area contributed by atoms with Gasteiger partial charge in [-0.3, -0.25) is 0 Å². The summed E-state index contributed by atoms with van der Waals surface area (Å²) in [5, 5.41) is 0. The molecule has 5 heteroatoms. The molecule has 0 fully saturated rings. The van der Waals surface area contributed by atoms with Gasteiger partial charge in [-0.05, 0) is 6.07 Å². The molecule has 0 amide bonds. The molecule has 0 atom stereocenters. The third-order valence-electron chi connectivity index (χ3n) is 2.42. The molecule has 16 heavy (non-hydrogen) atoms. The highest BCUT2D eigenvalue weighted by molar-refractivity contribution is 5.48. The molecule has 1 aliphatic rings. The molecule has 0 spiro atoms. The fraction of sp³-hybridized carbons (Fsp3) is 0.455. The summed E-state index contributed by atoms with van der Waals surface area (Å²) in [6, 6.07) is 3.04. The summed E-state index contributed by atoms with van der Waals surface area (Å²) >= 11 is 0. The van der Waals surface area contributed by atoms with Gasteiger partial charge in [0.1, 0.15) is 0 Å². The lowest BCUT2D eigenvalue weighted by atomic mass is 10.1. The largest absolute Gasteiger partial charge is 0.489 e. The number of halogens is 1. The summed E-state index contributed by atoms with van der Waals surface area (Å²) in [4.78, 5) is 4.51. The van der Waals surface area contributed by atoms with Crippen LogP contribution in [0.5, 0.6) is 11.5 Å². The molecule has 0 unspecified atom stereocenters. The number of hydrogen-bond acceptors (Lipinski definition) is 4. The van der Waals surface area contributed by atoms with Crippen LogP contribution in [0, 0.1) is 5.82 Å². The lowest BCUT2D eigenvalue weighted by Gasteiger charge is -2.12. The zero-order valence-electron chi connectivity index (χ0n) is 8.87. The second-order valence-corrected chi connectivity index (χ2v) is 3.54. The number of hydrogen-bond donors (Lipinski definition) is 1. The van der Waals surface area contributed by atoms with Crippen LogP contribution >= 0.6 is 0 Å². The summed E-state index contributed by atoms with van der Waals surface area (Å²) in [5.74, 6) is 5.25. The maximum atomic E-state index is 13.5. The molecule has 0 radical (unpaired) electrons. The van der Waals surface area contributed by atoms with Crippen molar-refractivity contribution in [1.82, 2.24) is 0 Å². The number of fused-ring (bicyclic) bond motifs is 1. The maximum Gasteiger partial charge on any atom is 0.197 e. The molecule has 1 heterocycles. The standard InChI is InChI=1S/C11H14FNO3/c12-9-3-2-8(4-7-16-13)10-11(9)15-6-1-5-14-10/h2-3H,1,4-7,13H2. The monoisotopic (exact) mass is 227 g/mol. The quantitative estimate of drug-likeness (QED) is 0.793. The first-order valence-corrected chi connectivity index (χ1v) is 5.21. The van der Waals surface area contributed by atoms with Gasteiger partial charge in [-0.25, -0.2) is 10.3 Å². The van der Waals surface area contributed by atoms with Gasteiger partial charge in [-0.2, -0.15) is 0 Å². The minimum Gasteiger partial charge on any atom is -0.489 e.